The van der Waals surface area contributed by atoms with Gasteiger partial charge in [-0.1, -0.05) is 31.9 Å². The van der Waals surface area contributed by atoms with E-state index in [0.29, 0.717) is 16.9 Å². The fraction of sp³-hybridized carbons (Fsp3) is 0. The Balaban J connectivity index is 1.98. The highest BCUT2D eigenvalue weighted by molar-refractivity contribution is 9.10. The van der Waals surface area contributed by atoms with E-state index < -0.39 is 5.63 Å². The first-order valence-corrected chi connectivity index (χ1v) is 8.12. The van der Waals surface area contributed by atoms with Gasteiger partial charge in [-0.2, -0.15) is 0 Å². The second-order valence-electron chi connectivity index (χ2n) is 4.92. The van der Waals surface area contributed by atoms with Crippen LogP contribution in [0.25, 0.3) is 33.3 Å². The molecule has 0 saturated carbocycles. The quantitative estimate of drug-likeness (QED) is 0.370. The third kappa shape index (κ3) is 2.30. The molecular formula is C17H8Br2O3. The molecule has 0 atom stereocenters. The molecule has 0 amide bonds. The molecule has 0 unspecified atom stereocenters. The van der Waals surface area contributed by atoms with Gasteiger partial charge < -0.3 is 8.83 Å². The summed E-state index contributed by atoms with van der Waals surface area (Å²) in [7, 11) is 0. The van der Waals surface area contributed by atoms with Crippen molar-refractivity contribution in [1.29, 1.82) is 0 Å². The molecule has 0 fully saturated rings. The Bertz CT molecular complexity index is 1080. The summed E-state index contributed by atoms with van der Waals surface area (Å²) in [6.45, 7) is 0. The molecule has 4 aromatic rings. The number of rotatable bonds is 1. The maximum Gasteiger partial charge on any atom is 0.347 e. The van der Waals surface area contributed by atoms with E-state index in [4.69, 9.17) is 8.83 Å². The van der Waals surface area contributed by atoms with Crippen LogP contribution in [0.2, 0.25) is 0 Å². The van der Waals surface area contributed by atoms with Crippen molar-refractivity contribution in [1.82, 2.24) is 0 Å². The van der Waals surface area contributed by atoms with Crippen LogP contribution in [0.4, 0.5) is 0 Å². The Morgan fingerprint density at radius 2 is 1.32 bits per heavy atom. The van der Waals surface area contributed by atoms with Crippen LogP contribution in [-0.4, -0.2) is 0 Å². The molecule has 4 rings (SSSR count). The standard InChI is InChI=1S/C17H8Br2O3/c18-11-2-4-15-9(5-11)7-13(17(20)22-15)16-8-10-6-12(19)1-3-14(10)21-16/h1-8H. The SMILES string of the molecule is O=c1oc2ccc(Br)cc2cc1-c1cc2cc(Br)ccc2o1. The van der Waals surface area contributed by atoms with E-state index in [2.05, 4.69) is 31.9 Å². The fourth-order valence-corrected chi connectivity index (χ4v) is 3.17. The van der Waals surface area contributed by atoms with E-state index in [1.165, 1.54) is 0 Å². The molecule has 0 radical (unpaired) electrons. The monoisotopic (exact) mass is 418 g/mol. The zero-order chi connectivity index (χ0) is 15.3. The van der Waals surface area contributed by atoms with Crippen LogP contribution in [0.3, 0.4) is 0 Å². The van der Waals surface area contributed by atoms with E-state index >= 15 is 0 Å². The highest BCUT2D eigenvalue weighted by Gasteiger charge is 2.13. The van der Waals surface area contributed by atoms with Gasteiger partial charge >= 0.3 is 5.63 Å². The number of hydrogen-bond donors (Lipinski definition) is 0. The van der Waals surface area contributed by atoms with Crippen molar-refractivity contribution in [2.24, 2.45) is 0 Å². The van der Waals surface area contributed by atoms with Gasteiger partial charge in [-0.3, -0.25) is 0 Å². The molecule has 22 heavy (non-hydrogen) atoms. The molecule has 0 aliphatic carbocycles. The lowest BCUT2D eigenvalue weighted by atomic mass is 10.1. The van der Waals surface area contributed by atoms with Crippen molar-refractivity contribution >= 4 is 53.8 Å². The summed E-state index contributed by atoms with van der Waals surface area (Å²) in [6.07, 6.45) is 0. The number of fused-ring (bicyclic) bond motifs is 2. The Morgan fingerprint density at radius 3 is 2.00 bits per heavy atom. The van der Waals surface area contributed by atoms with Crippen LogP contribution in [0.1, 0.15) is 0 Å². The average molecular weight is 420 g/mol. The van der Waals surface area contributed by atoms with Gasteiger partial charge in [0.25, 0.3) is 0 Å². The molecule has 2 aromatic heterocycles. The first-order chi connectivity index (χ1) is 10.6. The van der Waals surface area contributed by atoms with Gasteiger partial charge in [-0.15, -0.1) is 0 Å². The van der Waals surface area contributed by atoms with Crippen molar-refractivity contribution in [3.05, 3.63) is 67.9 Å². The van der Waals surface area contributed by atoms with Gasteiger partial charge in [0.1, 0.15) is 22.5 Å². The van der Waals surface area contributed by atoms with Gasteiger partial charge in [-0.05, 0) is 48.5 Å². The largest absolute Gasteiger partial charge is 0.456 e. The molecule has 0 N–H and O–H groups in total. The first kappa shape index (κ1) is 13.8. The summed E-state index contributed by atoms with van der Waals surface area (Å²) in [6, 6.07) is 14.8. The lowest BCUT2D eigenvalue weighted by Gasteiger charge is -2.00. The molecule has 0 aliphatic heterocycles. The molecule has 0 bridgehead atoms. The summed E-state index contributed by atoms with van der Waals surface area (Å²) in [4.78, 5) is 12.2. The summed E-state index contributed by atoms with van der Waals surface area (Å²) in [5, 5.41) is 1.77. The second kappa shape index (κ2) is 5.11. The molecule has 0 saturated heterocycles. The summed E-state index contributed by atoms with van der Waals surface area (Å²) in [5.41, 5.74) is 1.29. The van der Waals surface area contributed by atoms with Gasteiger partial charge in [0.05, 0.1) is 0 Å². The molecular weight excluding hydrogens is 412 g/mol. The maximum absolute atomic E-state index is 12.2. The average Bonchev–Trinajstić information content (AvgIpc) is 2.89. The number of benzene rings is 2. The Morgan fingerprint density at radius 1 is 0.727 bits per heavy atom. The molecule has 108 valence electrons. The molecule has 3 nitrogen and oxygen atoms in total. The third-order valence-electron chi connectivity index (χ3n) is 3.44. The van der Waals surface area contributed by atoms with Crippen molar-refractivity contribution in [3.63, 3.8) is 0 Å². The third-order valence-corrected chi connectivity index (χ3v) is 4.42. The van der Waals surface area contributed by atoms with Crippen LogP contribution in [0.5, 0.6) is 0 Å². The molecule has 5 heteroatoms. The lowest BCUT2D eigenvalue weighted by molar-refractivity contribution is 0.555. The normalized spacial score (nSPS) is 11.4. The van der Waals surface area contributed by atoms with Crippen molar-refractivity contribution < 1.29 is 8.83 Å². The van der Waals surface area contributed by atoms with Crippen molar-refractivity contribution in [3.8, 4) is 11.3 Å². The van der Waals surface area contributed by atoms with Crippen molar-refractivity contribution in [2.75, 3.05) is 0 Å². The summed E-state index contributed by atoms with van der Waals surface area (Å²) in [5.74, 6) is 0.503. The van der Waals surface area contributed by atoms with Crippen LogP contribution in [0, 0.1) is 0 Å². The van der Waals surface area contributed by atoms with E-state index in [-0.39, 0.29) is 0 Å². The maximum atomic E-state index is 12.2. The number of furan rings is 1. The second-order valence-corrected chi connectivity index (χ2v) is 6.75. The number of hydrogen-bond acceptors (Lipinski definition) is 3. The fourth-order valence-electron chi connectivity index (χ4n) is 2.41. The van der Waals surface area contributed by atoms with Crippen molar-refractivity contribution in [2.45, 2.75) is 0 Å². The van der Waals surface area contributed by atoms with Gasteiger partial charge in [0.15, 0.2) is 0 Å². The number of halogens is 2. The van der Waals surface area contributed by atoms with Crippen LogP contribution in [-0.2, 0) is 0 Å². The highest BCUT2D eigenvalue weighted by Crippen LogP contribution is 2.30. The Kier molecular flexibility index (Phi) is 3.20. The molecule has 0 aliphatic rings. The van der Waals surface area contributed by atoms with E-state index in [1.807, 2.05) is 36.4 Å². The summed E-state index contributed by atoms with van der Waals surface area (Å²) < 4.78 is 13.0. The van der Waals surface area contributed by atoms with E-state index in [1.54, 1.807) is 12.1 Å². The van der Waals surface area contributed by atoms with E-state index in [9.17, 15) is 4.79 Å². The molecule has 2 aromatic carbocycles. The predicted molar refractivity (Wildman–Crippen MR) is 93.1 cm³/mol. The minimum atomic E-state index is -0.409. The van der Waals surface area contributed by atoms with Crippen LogP contribution in [0.15, 0.2) is 71.1 Å². The Labute approximate surface area is 141 Å². The van der Waals surface area contributed by atoms with Gasteiger partial charge in [0.2, 0.25) is 0 Å². The molecule has 0 spiro atoms. The minimum Gasteiger partial charge on any atom is -0.456 e. The predicted octanol–water partition coefficient (Wildman–Crippen LogP) is 5.73. The molecule has 2 heterocycles. The lowest BCUT2D eigenvalue weighted by Crippen LogP contribution is -2.01. The smallest absolute Gasteiger partial charge is 0.347 e. The van der Waals surface area contributed by atoms with Crippen LogP contribution >= 0.6 is 31.9 Å². The topological polar surface area (TPSA) is 43.4 Å². The van der Waals surface area contributed by atoms with Gasteiger partial charge in [0, 0.05) is 19.7 Å². The zero-order valence-electron chi connectivity index (χ0n) is 11.1. The van der Waals surface area contributed by atoms with E-state index in [0.717, 1.165) is 25.3 Å². The summed E-state index contributed by atoms with van der Waals surface area (Å²) >= 11 is 6.85. The van der Waals surface area contributed by atoms with Gasteiger partial charge in [-0.25, -0.2) is 4.79 Å². The zero-order valence-corrected chi connectivity index (χ0v) is 14.3. The Hall–Kier alpha value is -1.85. The highest BCUT2D eigenvalue weighted by atomic mass is 79.9. The minimum absolute atomic E-state index is 0.409. The first-order valence-electron chi connectivity index (χ1n) is 6.53. The van der Waals surface area contributed by atoms with Crippen LogP contribution < -0.4 is 5.63 Å².